The molecule has 1 aromatic rings. The minimum atomic E-state index is -0.920. The predicted octanol–water partition coefficient (Wildman–Crippen LogP) is 1.07. The fourth-order valence-electron chi connectivity index (χ4n) is 1.53. The maximum Gasteiger partial charge on any atom is 0.253 e. The van der Waals surface area contributed by atoms with E-state index in [-0.39, 0.29) is 19.1 Å². The number of carbonyl (C=O) groups is 1. The van der Waals surface area contributed by atoms with E-state index < -0.39 is 6.10 Å². The molecule has 0 heterocycles. The van der Waals surface area contributed by atoms with Gasteiger partial charge in [0.2, 0.25) is 0 Å². The van der Waals surface area contributed by atoms with Crippen LogP contribution in [0.4, 0.5) is 0 Å². The van der Waals surface area contributed by atoms with Gasteiger partial charge in [0.1, 0.15) is 0 Å². The molecule has 17 heavy (non-hydrogen) atoms. The first-order chi connectivity index (χ1) is 7.95. The molecule has 5 heteroatoms. The van der Waals surface area contributed by atoms with Gasteiger partial charge in [0.15, 0.2) is 0 Å². The van der Waals surface area contributed by atoms with Crippen molar-refractivity contribution >= 4 is 17.5 Å². The number of rotatable bonds is 4. The van der Waals surface area contributed by atoms with E-state index in [9.17, 15) is 9.90 Å². The topological polar surface area (TPSA) is 60.8 Å². The number of aliphatic hydroxyl groups excluding tert-OH is 2. The van der Waals surface area contributed by atoms with E-state index in [1.165, 1.54) is 4.90 Å². The highest BCUT2D eigenvalue weighted by atomic mass is 35.5. The number of nitrogens with zero attached hydrogens (tertiary/aromatic N) is 1. The van der Waals surface area contributed by atoms with Gasteiger partial charge in [-0.3, -0.25) is 4.79 Å². The lowest BCUT2D eigenvalue weighted by molar-refractivity contribution is 0.0519. The van der Waals surface area contributed by atoms with Crippen molar-refractivity contribution < 1.29 is 15.0 Å². The first kappa shape index (κ1) is 14.0. The normalized spacial score (nSPS) is 12.3. The van der Waals surface area contributed by atoms with Crippen LogP contribution < -0.4 is 0 Å². The van der Waals surface area contributed by atoms with Crippen LogP contribution in [-0.4, -0.2) is 47.3 Å². The van der Waals surface area contributed by atoms with Crippen LogP contribution in [-0.2, 0) is 0 Å². The van der Waals surface area contributed by atoms with Gasteiger partial charge in [-0.15, -0.1) is 0 Å². The summed E-state index contributed by atoms with van der Waals surface area (Å²) in [6, 6.07) is 5.02. The van der Waals surface area contributed by atoms with Crippen LogP contribution >= 0.6 is 11.6 Å². The number of amides is 1. The van der Waals surface area contributed by atoms with Gasteiger partial charge < -0.3 is 15.1 Å². The van der Waals surface area contributed by atoms with Crippen molar-refractivity contribution in [3.63, 3.8) is 0 Å². The van der Waals surface area contributed by atoms with E-state index in [1.807, 2.05) is 0 Å². The third kappa shape index (κ3) is 3.70. The van der Waals surface area contributed by atoms with Gasteiger partial charge in [0.25, 0.3) is 5.91 Å². The molecular formula is C12H16ClNO3. The van der Waals surface area contributed by atoms with Gasteiger partial charge in [-0.05, 0) is 30.7 Å². The SMILES string of the molecule is Cc1cc(Cl)ccc1C(=O)N(C)C[C@H](O)CO. The van der Waals surface area contributed by atoms with Crippen molar-refractivity contribution in [2.75, 3.05) is 20.2 Å². The van der Waals surface area contributed by atoms with Crippen LogP contribution in [0.3, 0.4) is 0 Å². The average Bonchev–Trinajstić information content (AvgIpc) is 2.28. The van der Waals surface area contributed by atoms with E-state index in [0.29, 0.717) is 10.6 Å². The summed E-state index contributed by atoms with van der Waals surface area (Å²) in [6.07, 6.45) is -0.920. The molecule has 0 aliphatic heterocycles. The van der Waals surface area contributed by atoms with Crippen LogP contribution in [0.5, 0.6) is 0 Å². The Labute approximate surface area is 105 Å². The summed E-state index contributed by atoms with van der Waals surface area (Å²) in [5.41, 5.74) is 1.33. The Morgan fingerprint density at radius 2 is 2.18 bits per heavy atom. The minimum absolute atomic E-state index is 0.0946. The lowest BCUT2D eigenvalue weighted by atomic mass is 10.1. The van der Waals surface area contributed by atoms with Crippen LogP contribution in [0.15, 0.2) is 18.2 Å². The first-order valence-corrected chi connectivity index (χ1v) is 5.64. The summed E-state index contributed by atoms with van der Waals surface area (Å²) in [5, 5.41) is 18.6. The molecule has 0 spiro atoms. The maximum atomic E-state index is 12.0. The van der Waals surface area contributed by atoms with Crippen LogP contribution in [0, 0.1) is 6.92 Å². The highest BCUT2D eigenvalue weighted by Gasteiger charge is 2.16. The summed E-state index contributed by atoms with van der Waals surface area (Å²) in [4.78, 5) is 13.4. The lowest BCUT2D eigenvalue weighted by Gasteiger charge is -2.20. The molecule has 94 valence electrons. The fraction of sp³-hybridized carbons (Fsp3) is 0.417. The van der Waals surface area contributed by atoms with Crippen molar-refractivity contribution in [3.8, 4) is 0 Å². The Morgan fingerprint density at radius 1 is 1.53 bits per heavy atom. The molecule has 0 fully saturated rings. The maximum absolute atomic E-state index is 12.0. The summed E-state index contributed by atoms with van der Waals surface area (Å²) in [7, 11) is 1.58. The van der Waals surface area contributed by atoms with Crippen LogP contribution in [0.2, 0.25) is 5.02 Å². The highest BCUT2D eigenvalue weighted by Crippen LogP contribution is 2.16. The molecule has 1 amide bonds. The summed E-state index contributed by atoms with van der Waals surface area (Å²) in [5.74, 6) is -0.202. The van der Waals surface area contributed by atoms with Gasteiger partial charge in [-0.1, -0.05) is 11.6 Å². The summed E-state index contributed by atoms with van der Waals surface area (Å²) >= 11 is 5.81. The Balaban J connectivity index is 2.81. The number of benzene rings is 1. The molecule has 0 aliphatic carbocycles. The predicted molar refractivity (Wildman–Crippen MR) is 66.2 cm³/mol. The van der Waals surface area contributed by atoms with E-state index in [4.69, 9.17) is 16.7 Å². The molecule has 0 radical (unpaired) electrons. The molecule has 0 saturated carbocycles. The standard InChI is InChI=1S/C12H16ClNO3/c1-8-5-9(13)3-4-11(8)12(17)14(2)6-10(16)7-15/h3-5,10,15-16H,6-7H2,1-2H3/t10-/m0/s1. The molecule has 0 aromatic heterocycles. The Bertz CT molecular complexity index is 409. The third-order valence-corrected chi connectivity index (χ3v) is 2.70. The average molecular weight is 258 g/mol. The number of hydrogen-bond acceptors (Lipinski definition) is 3. The number of aryl methyl sites for hydroxylation is 1. The van der Waals surface area contributed by atoms with Crippen molar-refractivity contribution in [2.24, 2.45) is 0 Å². The van der Waals surface area contributed by atoms with Gasteiger partial charge in [-0.2, -0.15) is 0 Å². The first-order valence-electron chi connectivity index (χ1n) is 5.26. The molecule has 0 bridgehead atoms. The molecule has 2 N–H and O–H groups in total. The van der Waals surface area contributed by atoms with E-state index in [1.54, 1.807) is 32.2 Å². The molecular weight excluding hydrogens is 242 g/mol. The van der Waals surface area contributed by atoms with Gasteiger partial charge in [0.05, 0.1) is 12.7 Å². The second-order valence-electron chi connectivity index (χ2n) is 3.98. The summed E-state index contributed by atoms with van der Waals surface area (Å²) < 4.78 is 0. The highest BCUT2D eigenvalue weighted by molar-refractivity contribution is 6.30. The molecule has 0 unspecified atom stereocenters. The van der Waals surface area contributed by atoms with E-state index >= 15 is 0 Å². The Kier molecular flexibility index (Phi) is 4.93. The zero-order valence-electron chi connectivity index (χ0n) is 9.85. The summed E-state index contributed by atoms with van der Waals surface area (Å²) in [6.45, 7) is 1.53. The molecule has 1 rings (SSSR count). The van der Waals surface area contributed by atoms with E-state index in [0.717, 1.165) is 5.56 Å². The zero-order chi connectivity index (χ0) is 13.0. The lowest BCUT2D eigenvalue weighted by Crippen LogP contribution is -2.36. The minimum Gasteiger partial charge on any atom is -0.394 e. The quantitative estimate of drug-likeness (QED) is 0.848. The number of hydrogen-bond donors (Lipinski definition) is 2. The van der Waals surface area contributed by atoms with E-state index in [2.05, 4.69) is 0 Å². The van der Waals surface area contributed by atoms with Crippen molar-refractivity contribution in [1.29, 1.82) is 0 Å². The van der Waals surface area contributed by atoms with Crippen LogP contribution in [0.1, 0.15) is 15.9 Å². The Hall–Kier alpha value is -1.10. The fourth-order valence-corrected chi connectivity index (χ4v) is 1.76. The number of aliphatic hydroxyl groups is 2. The van der Waals surface area contributed by atoms with Crippen LogP contribution in [0.25, 0.3) is 0 Å². The monoisotopic (exact) mass is 257 g/mol. The van der Waals surface area contributed by atoms with Crippen molar-refractivity contribution in [2.45, 2.75) is 13.0 Å². The molecule has 1 atom stereocenters. The molecule has 4 nitrogen and oxygen atoms in total. The molecule has 1 aromatic carbocycles. The zero-order valence-corrected chi connectivity index (χ0v) is 10.6. The Morgan fingerprint density at radius 3 is 2.71 bits per heavy atom. The number of likely N-dealkylation sites (N-methyl/N-ethyl adjacent to an activating group) is 1. The number of halogens is 1. The van der Waals surface area contributed by atoms with Gasteiger partial charge in [0, 0.05) is 24.2 Å². The molecule has 0 aliphatic rings. The third-order valence-electron chi connectivity index (χ3n) is 2.46. The van der Waals surface area contributed by atoms with Gasteiger partial charge in [-0.25, -0.2) is 0 Å². The van der Waals surface area contributed by atoms with Crippen molar-refractivity contribution in [3.05, 3.63) is 34.3 Å². The smallest absolute Gasteiger partial charge is 0.253 e. The second kappa shape index (κ2) is 6.00. The number of carbonyl (C=O) groups excluding carboxylic acids is 1. The molecule has 0 saturated heterocycles. The van der Waals surface area contributed by atoms with Crippen molar-refractivity contribution in [1.82, 2.24) is 4.90 Å². The second-order valence-corrected chi connectivity index (χ2v) is 4.42. The van der Waals surface area contributed by atoms with Gasteiger partial charge >= 0.3 is 0 Å². The largest absolute Gasteiger partial charge is 0.394 e.